The van der Waals surface area contributed by atoms with Crippen LogP contribution in [0.4, 0.5) is 13.2 Å². The van der Waals surface area contributed by atoms with E-state index in [0.717, 1.165) is 12.3 Å². The molecule has 1 unspecified atom stereocenters. The average molecular weight is 347 g/mol. The van der Waals surface area contributed by atoms with E-state index in [2.05, 4.69) is 14.7 Å². The Kier molecular flexibility index (Phi) is 5.58. The number of piperidine rings is 1. The Morgan fingerprint density at radius 1 is 1.42 bits per heavy atom. The summed E-state index contributed by atoms with van der Waals surface area (Å²) in [5.41, 5.74) is -1.09. The first-order chi connectivity index (χ1) is 11.3. The highest BCUT2D eigenvalue weighted by Gasteiger charge is 2.33. The minimum absolute atomic E-state index is 0.166. The molecule has 1 aliphatic heterocycles. The van der Waals surface area contributed by atoms with Crippen molar-refractivity contribution in [3.8, 4) is 6.01 Å². The number of nitrogens with zero attached hydrogens (tertiary/aromatic N) is 3. The van der Waals surface area contributed by atoms with Crippen molar-refractivity contribution in [1.29, 1.82) is 0 Å². The van der Waals surface area contributed by atoms with Gasteiger partial charge in [0.2, 0.25) is 0 Å². The van der Waals surface area contributed by atoms with Gasteiger partial charge in [0.05, 0.1) is 6.54 Å². The lowest BCUT2D eigenvalue weighted by Crippen LogP contribution is -2.46. The molecule has 1 aromatic rings. The largest absolute Gasteiger partial charge is 0.458 e. The van der Waals surface area contributed by atoms with E-state index in [1.54, 1.807) is 0 Å². The summed E-state index contributed by atoms with van der Waals surface area (Å²) in [7, 11) is 0. The zero-order valence-corrected chi connectivity index (χ0v) is 12.9. The second-order valence-electron chi connectivity index (χ2n) is 5.22. The molecule has 10 heteroatoms. The molecular formula is C14H16F3N3O4. The second-order valence-corrected chi connectivity index (χ2v) is 5.22. The van der Waals surface area contributed by atoms with Crippen LogP contribution in [-0.4, -0.2) is 52.5 Å². The van der Waals surface area contributed by atoms with Gasteiger partial charge in [-0.25, -0.2) is 4.98 Å². The van der Waals surface area contributed by atoms with Crippen LogP contribution >= 0.6 is 0 Å². The van der Waals surface area contributed by atoms with Gasteiger partial charge in [0.25, 0.3) is 5.91 Å². The number of carbonyl (C=O) groups is 2. The van der Waals surface area contributed by atoms with Crippen LogP contribution in [0.25, 0.3) is 0 Å². The van der Waals surface area contributed by atoms with Crippen LogP contribution in [0, 0.1) is 0 Å². The van der Waals surface area contributed by atoms with Crippen LogP contribution in [0.2, 0.25) is 0 Å². The fourth-order valence-corrected chi connectivity index (χ4v) is 2.22. The van der Waals surface area contributed by atoms with E-state index in [1.165, 1.54) is 11.8 Å². The number of halogens is 3. The molecule has 7 nitrogen and oxygen atoms in total. The summed E-state index contributed by atoms with van der Waals surface area (Å²) in [5, 5.41) is 0. The number of alkyl halides is 3. The van der Waals surface area contributed by atoms with Crippen LogP contribution in [0.5, 0.6) is 6.01 Å². The standard InChI is InChI=1S/C14H16F3N3O4/c1-9(21)23-8-12(22)20-6-2-3-10(7-20)24-13-18-5-4-11(19-13)14(15,16)17/h4-5,10H,2-3,6-8H2,1H3. The molecule has 1 saturated heterocycles. The number of esters is 1. The molecule has 1 amide bonds. The van der Waals surface area contributed by atoms with Gasteiger partial charge in [0.1, 0.15) is 6.10 Å². The van der Waals surface area contributed by atoms with Gasteiger partial charge in [0, 0.05) is 19.7 Å². The Hall–Kier alpha value is -2.39. The van der Waals surface area contributed by atoms with Crippen LogP contribution in [0.3, 0.4) is 0 Å². The van der Waals surface area contributed by atoms with Crippen molar-refractivity contribution in [1.82, 2.24) is 14.9 Å². The summed E-state index contributed by atoms with van der Waals surface area (Å²) in [6.07, 6.45) is -2.98. The molecule has 0 aromatic carbocycles. The Morgan fingerprint density at radius 2 is 2.17 bits per heavy atom. The lowest BCUT2D eigenvalue weighted by molar-refractivity contribution is -0.151. The van der Waals surface area contributed by atoms with Crippen LogP contribution in [0.15, 0.2) is 12.3 Å². The predicted octanol–water partition coefficient (Wildman–Crippen LogP) is 1.43. The molecule has 24 heavy (non-hydrogen) atoms. The maximum atomic E-state index is 12.6. The average Bonchev–Trinajstić information content (AvgIpc) is 2.52. The molecular weight excluding hydrogens is 331 g/mol. The van der Waals surface area contributed by atoms with E-state index >= 15 is 0 Å². The first-order valence-corrected chi connectivity index (χ1v) is 7.23. The Labute approximate surface area is 135 Å². The summed E-state index contributed by atoms with van der Waals surface area (Å²) in [6.45, 7) is 1.45. The Bertz CT molecular complexity index is 609. The highest BCUT2D eigenvalue weighted by Crippen LogP contribution is 2.28. The Balaban J connectivity index is 1.95. The molecule has 1 atom stereocenters. The van der Waals surface area contributed by atoms with Crippen molar-refractivity contribution in [2.45, 2.75) is 32.0 Å². The fraction of sp³-hybridized carbons (Fsp3) is 0.571. The first-order valence-electron chi connectivity index (χ1n) is 7.23. The second kappa shape index (κ2) is 7.45. The molecule has 0 saturated carbocycles. The van der Waals surface area contributed by atoms with E-state index < -0.39 is 23.9 Å². The summed E-state index contributed by atoms with van der Waals surface area (Å²) < 4.78 is 47.9. The van der Waals surface area contributed by atoms with Crippen molar-refractivity contribution >= 4 is 11.9 Å². The summed E-state index contributed by atoms with van der Waals surface area (Å²) in [4.78, 5) is 31.1. The molecule has 132 valence electrons. The van der Waals surface area contributed by atoms with Gasteiger partial charge in [0.15, 0.2) is 12.3 Å². The molecule has 0 radical (unpaired) electrons. The molecule has 1 aromatic heterocycles. The summed E-state index contributed by atoms with van der Waals surface area (Å²) in [6, 6.07) is 0.368. The van der Waals surface area contributed by atoms with E-state index in [0.29, 0.717) is 19.4 Å². The lowest BCUT2D eigenvalue weighted by Gasteiger charge is -2.32. The monoisotopic (exact) mass is 347 g/mol. The van der Waals surface area contributed by atoms with E-state index in [9.17, 15) is 22.8 Å². The minimum atomic E-state index is -4.58. The third-order valence-corrected chi connectivity index (χ3v) is 3.33. The molecule has 0 spiro atoms. The number of carbonyl (C=O) groups excluding carboxylic acids is 2. The van der Waals surface area contributed by atoms with E-state index in [-0.39, 0.29) is 25.1 Å². The van der Waals surface area contributed by atoms with Crippen molar-refractivity contribution in [3.63, 3.8) is 0 Å². The summed E-state index contributed by atoms with van der Waals surface area (Å²) >= 11 is 0. The minimum Gasteiger partial charge on any atom is -0.458 e. The van der Waals surface area contributed by atoms with Crippen molar-refractivity contribution in [2.75, 3.05) is 19.7 Å². The zero-order chi connectivity index (χ0) is 17.7. The van der Waals surface area contributed by atoms with Crippen molar-refractivity contribution < 1.29 is 32.2 Å². The highest BCUT2D eigenvalue weighted by molar-refractivity contribution is 5.80. The fourth-order valence-electron chi connectivity index (χ4n) is 2.22. The molecule has 2 heterocycles. The van der Waals surface area contributed by atoms with E-state index in [4.69, 9.17) is 4.74 Å². The number of hydrogen-bond donors (Lipinski definition) is 0. The summed E-state index contributed by atoms with van der Waals surface area (Å²) in [5.74, 6) is -0.950. The topological polar surface area (TPSA) is 81.6 Å². The van der Waals surface area contributed by atoms with Gasteiger partial charge in [-0.05, 0) is 18.9 Å². The highest BCUT2D eigenvalue weighted by atomic mass is 19.4. The van der Waals surface area contributed by atoms with Crippen molar-refractivity contribution in [3.05, 3.63) is 18.0 Å². The van der Waals surface area contributed by atoms with E-state index in [1.807, 2.05) is 0 Å². The quantitative estimate of drug-likeness (QED) is 0.767. The van der Waals surface area contributed by atoms with Gasteiger partial charge >= 0.3 is 18.2 Å². The maximum absolute atomic E-state index is 12.6. The predicted molar refractivity (Wildman–Crippen MR) is 73.9 cm³/mol. The van der Waals surface area contributed by atoms with Crippen LogP contribution < -0.4 is 4.74 Å². The third-order valence-electron chi connectivity index (χ3n) is 3.33. The Morgan fingerprint density at radius 3 is 2.83 bits per heavy atom. The molecule has 0 N–H and O–H groups in total. The van der Waals surface area contributed by atoms with Gasteiger partial charge in [-0.2, -0.15) is 18.2 Å². The third kappa shape index (κ3) is 5.07. The zero-order valence-electron chi connectivity index (χ0n) is 12.9. The maximum Gasteiger partial charge on any atom is 0.433 e. The molecule has 1 fully saturated rings. The smallest absolute Gasteiger partial charge is 0.433 e. The van der Waals surface area contributed by atoms with Gasteiger partial charge in [-0.15, -0.1) is 0 Å². The van der Waals surface area contributed by atoms with Crippen LogP contribution in [-0.2, 0) is 20.5 Å². The number of ether oxygens (including phenoxy) is 2. The number of amides is 1. The number of likely N-dealkylation sites (tertiary alicyclic amines) is 1. The van der Waals surface area contributed by atoms with Crippen LogP contribution in [0.1, 0.15) is 25.5 Å². The number of rotatable bonds is 4. The first kappa shape index (κ1) is 18.0. The molecule has 1 aliphatic rings. The van der Waals surface area contributed by atoms with Crippen molar-refractivity contribution in [2.24, 2.45) is 0 Å². The molecule has 0 bridgehead atoms. The SMILES string of the molecule is CC(=O)OCC(=O)N1CCCC(Oc2nccc(C(F)(F)F)n2)C1. The molecule has 2 rings (SSSR count). The van der Waals surface area contributed by atoms with Gasteiger partial charge < -0.3 is 14.4 Å². The van der Waals surface area contributed by atoms with Gasteiger partial charge in [-0.1, -0.05) is 0 Å². The lowest BCUT2D eigenvalue weighted by atomic mass is 10.1. The van der Waals surface area contributed by atoms with Gasteiger partial charge in [-0.3, -0.25) is 9.59 Å². The normalized spacial score (nSPS) is 18.2. The number of aromatic nitrogens is 2. The molecule has 0 aliphatic carbocycles. The number of hydrogen-bond acceptors (Lipinski definition) is 6.